The monoisotopic (exact) mass is 926 g/mol. The largest absolute Gasteiger partial charge is 0.647 e. The van der Waals surface area contributed by atoms with Gasteiger partial charge in [0.05, 0.1) is 80.8 Å². The Morgan fingerprint density at radius 2 is 0.677 bits per heavy atom. The van der Waals surface area contributed by atoms with E-state index < -0.39 is 7.82 Å². The molecule has 3 aromatic carbocycles. The van der Waals surface area contributed by atoms with Crippen LogP contribution in [0, 0.1) is 16.2 Å². The van der Waals surface area contributed by atoms with E-state index in [1.807, 2.05) is 18.2 Å². The Balaban J connectivity index is 2.23. The number of hydrogen-bond acceptors (Lipinski definition) is 13. The lowest BCUT2D eigenvalue weighted by Gasteiger charge is -2.27. The number of ether oxygens (including phenoxy) is 9. The molecule has 0 saturated carbocycles. The Hall–Kier alpha value is -4.33. The highest BCUT2D eigenvalue weighted by Gasteiger charge is 2.35. The van der Waals surface area contributed by atoms with Crippen molar-refractivity contribution in [3.63, 3.8) is 0 Å². The first-order chi connectivity index (χ1) is 30.7. The summed E-state index contributed by atoms with van der Waals surface area (Å²) in [4.78, 5) is 0. The third kappa shape index (κ3) is 17.4. The first-order valence-corrected chi connectivity index (χ1v) is 23.2. The summed E-state index contributed by atoms with van der Waals surface area (Å²) in [5, 5.41) is 0. The van der Waals surface area contributed by atoms with E-state index in [2.05, 4.69) is 62.3 Å². The third-order valence-electron chi connectivity index (χ3n) is 10.1. The maximum atomic E-state index is 15.4. The van der Waals surface area contributed by atoms with Crippen molar-refractivity contribution in [1.29, 1.82) is 0 Å². The lowest BCUT2D eigenvalue weighted by Crippen LogP contribution is -2.19. The molecule has 65 heavy (non-hydrogen) atoms. The molecule has 3 rings (SSSR count). The Kier molecular flexibility index (Phi) is 22.1. The molecule has 0 aliphatic heterocycles. The van der Waals surface area contributed by atoms with Gasteiger partial charge >= 0.3 is 7.82 Å². The topological polar surface area (TPSA) is 128 Å². The molecule has 0 unspecified atom stereocenters. The predicted molar refractivity (Wildman–Crippen MR) is 257 cm³/mol. The highest BCUT2D eigenvalue weighted by molar-refractivity contribution is 7.49. The zero-order valence-corrected chi connectivity index (χ0v) is 42.4. The van der Waals surface area contributed by atoms with Crippen LogP contribution in [0.4, 0.5) is 0 Å². The molecule has 0 aliphatic carbocycles. The summed E-state index contributed by atoms with van der Waals surface area (Å²) < 4.78 is 86.1. The molecule has 0 aliphatic rings. The molecule has 13 nitrogen and oxygen atoms in total. The Morgan fingerprint density at radius 1 is 0.415 bits per heavy atom. The van der Waals surface area contributed by atoms with E-state index in [-0.39, 0.29) is 33.5 Å². The SMILES string of the molecule is COCCOC/C(=C(/OC)c1cccc(OP(=O)(Oc2cccc(/C(OC)=C(\COCCOC)C(C)(C)C)c2)Oc2cccc(/C(OC)=C(\COCCOC)C(C)(C)C)c2)c1)C(C)(C)C. The number of hydrogen-bond donors (Lipinski definition) is 0. The molecule has 0 N–H and O–H groups in total. The second kappa shape index (κ2) is 26.1. The van der Waals surface area contributed by atoms with Gasteiger partial charge in [-0.25, -0.2) is 0 Å². The molecule has 0 spiro atoms. The predicted octanol–water partition coefficient (Wildman–Crippen LogP) is 11.5. The van der Waals surface area contributed by atoms with Crippen molar-refractivity contribution in [2.75, 3.05) is 102 Å². The standard InChI is InChI=1S/C51H75O13P/c1-49(2,3)43(34-59-28-25-53-10)46(56-13)37-19-16-22-40(31-37)62-65(52,63-41-23-17-20-38(32-41)47(57-14)44(50(4,5)6)35-60-29-26-54-11)64-42-24-18-21-39(33-42)48(58-15)45(51(7,8)9)36-61-30-27-55-12/h16-24,31-33H,25-30,34-36H2,1-15H3/b46-43-,47-44-,48-45-. The molecule has 0 amide bonds. The molecule has 14 heteroatoms. The maximum absolute atomic E-state index is 15.4. The molecule has 0 atom stereocenters. The zero-order chi connectivity index (χ0) is 48.3. The fraction of sp³-hybridized carbons (Fsp3) is 0.529. The van der Waals surface area contributed by atoms with Crippen LogP contribution in [0.2, 0.25) is 0 Å². The Bertz CT molecular complexity index is 1840. The van der Waals surface area contributed by atoms with E-state index in [4.69, 9.17) is 56.2 Å². The van der Waals surface area contributed by atoms with E-state index >= 15 is 4.57 Å². The lowest BCUT2D eigenvalue weighted by atomic mass is 9.84. The lowest BCUT2D eigenvalue weighted by molar-refractivity contribution is 0.0764. The van der Waals surface area contributed by atoms with Crippen LogP contribution in [-0.4, -0.2) is 102 Å². The van der Waals surface area contributed by atoms with Gasteiger partial charge in [0.25, 0.3) is 0 Å². The van der Waals surface area contributed by atoms with Gasteiger partial charge in [-0.15, -0.1) is 0 Å². The number of rotatable bonds is 27. The molecular weight excluding hydrogens is 852 g/mol. The average molecular weight is 927 g/mol. The van der Waals surface area contributed by atoms with Gasteiger partial charge < -0.3 is 56.2 Å². The van der Waals surface area contributed by atoms with Gasteiger partial charge in [-0.2, -0.15) is 4.57 Å². The molecule has 0 bridgehead atoms. The van der Waals surface area contributed by atoms with Crippen molar-refractivity contribution in [2.24, 2.45) is 16.2 Å². The van der Waals surface area contributed by atoms with Crippen LogP contribution in [0.25, 0.3) is 17.3 Å². The summed E-state index contributed by atoms with van der Waals surface area (Å²) in [5.74, 6) is 2.42. The van der Waals surface area contributed by atoms with Gasteiger partial charge in [-0.1, -0.05) is 98.7 Å². The van der Waals surface area contributed by atoms with Gasteiger partial charge in [-0.05, 0) is 52.6 Å². The second-order valence-electron chi connectivity index (χ2n) is 18.2. The van der Waals surface area contributed by atoms with Crippen molar-refractivity contribution in [1.82, 2.24) is 0 Å². The van der Waals surface area contributed by atoms with Gasteiger partial charge in [0.1, 0.15) is 34.5 Å². The quantitative estimate of drug-likeness (QED) is 0.0409. The van der Waals surface area contributed by atoms with Crippen LogP contribution in [-0.2, 0) is 47.2 Å². The fourth-order valence-electron chi connectivity index (χ4n) is 6.59. The normalized spacial score (nSPS) is 13.6. The average Bonchev–Trinajstić information content (AvgIpc) is 3.23. The van der Waals surface area contributed by atoms with Gasteiger partial charge in [0.2, 0.25) is 0 Å². The molecule has 0 fully saturated rings. The van der Waals surface area contributed by atoms with Crippen LogP contribution in [0.3, 0.4) is 0 Å². The van der Waals surface area contributed by atoms with E-state index in [0.717, 1.165) is 16.7 Å². The van der Waals surface area contributed by atoms with Crippen LogP contribution in [0.15, 0.2) is 89.5 Å². The fourth-order valence-corrected chi connectivity index (χ4v) is 7.82. The smallest absolute Gasteiger partial charge is 0.496 e. The van der Waals surface area contributed by atoms with Crippen molar-refractivity contribution >= 4 is 25.1 Å². The van der Waals surface area contributed by atoms with Crippen molar-refractivity contribution in [3.05, 3.63) is 106 Å². The molecular formula is C51H75O13P. The summed E-state index contributed by atoms with van der Waals surface area (Å²) >= 11 is 0. The minimum absolute atomic E-state index is 0.211. The Labute approximate surface area is 388 Å². The number of methoxy groups -OCH3 is 6. The molecule has 0 saturated heterocycles. The summed E-state index contributed by atoms with van der Waals surface area (Å²) in [7, 11) is 5.14. The molecule has 362 valence electrons. The minimum Gasteiger partial charge on any atom is -0.496 e. The number of benzene rings is 3. The number of phosphoric acid groups is 1. The zero-order valence-electron chi connectivity index (χ0n) is 41.5. The van der Waals surface area contributed by atoms with Crippen molar-refractivity contribution in [2.45, 2.75) is 62.3 Å². The van der Waals surface area contributed by atoms with E-state index in [1.54, 1.807) is 97.3 Å². The highest BCUT2D eigenvalue weighted by atomic mass is 31.2. The van der Waals surface area contributed by atoms with Crippen LogP contribution < -0.4 is 13.6 Å². The Morgan fingerprint density at radius 3 is 0.892 bits per heavy atom. The number of phosphoric ester groups is 1. The van der Waals surface area contributed by atoms with Crippen LogP contribution in [0.5, 0.6) is 17.2 Å². The third-order valence-corrected chi connectivity index (χ3v) is 11.4. The first kappa shape index (κ1) is 55.0. The van der Waals surface area contributed by atoms with Crippen LogP contribution in [0.1, 0.15) is 79.0 Å². The van der Waals surface area contributed by atoms with Gasteiger partial charge in [0.15, 0.2) is 0 Å². The molecule has 0 aromatic heterocycles. The van der Waals surface area contributed by atoms with Crippen LogP contribution >= 0.6 is 7.82 Å². The van der Waals surface area contributed by atoms with Crippen molar-refractivity contribution in [3.8, 4) is 17.2 Å². The molecule has 0 radical (unpaired) electrons. The first-order valence-electron chi connectivity index (χ1n) is 21.8. The van der Waals surface area contributed by atoms with E-state index in [1.165, 1.54) is 0 Å². The molecule has 0 heterocycles. The summed E-state index contributed by atoms with van der Waals surface area (Å²) in [5.41, 5.74) is 3.79. The minimum atomic E-state index is -4.59. The van der Waals surface area contributed by atoms with Gasteiger partial charge in [0, 0.05) is 54.7 Å². The van der Waals surface area contributed by atoms with E-state index in [9.17, 15) is 0 Å². The highest BCUT2D eigenvalue weighted by Crippen LogP contribution is 2.51. The second-order valence-corrected chi connectivity index (χ2v) is 19.7. The summed E-state index contributed by atoms with van der Waals surface area (Å²) in [6.45, 7) is 22.3. The summed E-state index contributed by atoms with van der Waals surface area (Å²) in [6.07, 6.45) is 0. The maximum Gasteiger partial charge on any atom is 0.647 e. The molecule has 3 aromatic rings. The van der Waals surface area contributed by atoms with E-state index in [0.29, 0.717) is 93.4 Å². The summed E-state index contributed by atoms with van der Waals surface area (Å²) in [6, 6.07) is 21.3. The van der Waals surface area contributed by atoms with Crippen molar-refractivity contribution < 1.29 is 60.8 Å². The van der Waals surface area contributed by atoms with Gasteiger partial charge in [-0.3, -0.25) is 0 Å².